The summed E-state index contributed by atoms with van der Waals surface area (Å²) in [4.78, 5) is 16.4. The first-order chi connectivity index (χ1) is 9.45. The summed E-state index contributed by atoms with van der Waals surface area (Å²) >= 11 is 1.34. The molecule has 0 saturated carbocycles. The normalized spacial score (nSPS) is 16.9. The molecule has 0 unspecified atom stereocenters. The molecule has 0 atom stereocenters. The zero-order valence-corrected chi connectivity index (χ0v) is 12.5. The molecule has 20 heavy (non-hydrogen) atoms. The van der Waals surface area contributed by atoms with Crippen LogP contribution in [0.25, 0.3) is 0 Å². The van der Waals surface area contributed by atoms with E-state index >= 15 is 0 Å². The van der Waals surface area contributed by atoms with Gasteiger partial charge in [0.25, 0.3) is 5.91 Å². The highest BCUT2D eigenvalue weighted by Gasteiger charge is 2.29. The summed E-state index contributed by atoms with van der Waals surface area (Å²) in [5, 5.41) is 14.6. The van der Waals surface area contributed by atoms with Crippen molar-refractivity contribution >= 4 is 28.5 Å². The van der Waals surface area contributed by atoms with Crippen molar-refractivity contribution in [2.75, 3.05) is 6.26 Å². The van der Waals surface area contributed by atoms with Gasteiger partial charge in [-0.15, -0.1) is 0 Å². The predicted octanol–water partition coefficient (Wildman–Crippen LogP) is 2.17. The quantitative estimate of drug-likeness (QED) is 0.359. The monoisotopic (exact) mass is 288 g/mol. The van der Waals surface area contributed by atoms with Crippen molar-refractivity contribution in [3.05, 3.63) is 29.3 Å². The van der Waals surface area contributed by atoms with Crippen LogP contribution < -0.4 is 10.6 Å². The van der Waals surface area contributed by atoms with E-state index in [4.69, 9.17) is 5.26 Å². The largest absolute Gasteiger partial charge is 0.347 e. The average Bonchev–Trinajstić information content (AvgIpc) is 2.38. The van der Waals surface area contributed by atoms with Crippen LogP contribution >= 0.6 is 11.8 Å². The summed E-state index contributed by atoms with van der Waals surface area (Å²) in [6.07, 6.45) is 4.47. The number of benzene rings is 1. The van der Waals surface area contributed by atoms with Crippen molar-refractivity contribution in [2.45, 2.75) is 25.8 Å². The van der Waals surface area contributed by atoms with Crippen LogP contribution in [0.4, 0.5) is 5.69 Å². The van der Waals surface area contributed by atoms with Crippen LogP contribution in [0.2, 0.25) is 0 Å². The SMILES string of the molecule is CSC(=Nc1ccc2c(c1)C(=O)NC(C)(C)C2)NC#N. The molecule has 1 aromatic carbocycles. The lowest BCUT2D eigenvalue weighted by Gasteiger charge is -2.32. The smallest absolute Gasteiger partial charge is 0.252 e. The first kappa shape index (κ1) is 14.4. The van der Waals surface area contributed by atoms with Crippen molar-refractivity contribution in [2.24, 2.45) is 4.99 Å². The molecule has 0 aliphatic carbocycles. The Kier molecular flexibility index (Phi) is 4.00. The molecule has 2 rings (SSSR count). The Hall–Kier alpha value is -2.00. The number of hydrogen-bond acceptors (Lipinski definition) is 4. The van der Waals surface area contributed by atoms with E-state index in [1.165, 1.54) is 11.8 Å². The van der Waals surface area contributed by atoms with Crippen LogP contribution in [0, 0.1) is 11.5 Å². The number of fused-ring (bicyclic) bond motifs is 1. The Morgan fingerprint density at radius 2 is 2.30 bits per heavy atom. The molecule has 0 aromatic heterocycles. The molecule has 0 radical (unpaired) electrons. The van der Waals surface area contributed by atoms with E-state index in [-0.39, 0.29) is 11.4 Å². The van der Waals surface area contributed by atoms with Crippen LogP contribution in [0.5, 0.6) is 0 Å². The first-order valence-electron chi connectivity index (χ1n) is 6.18. The molecule has 1 aromatic rings. The molecule has 5 nitrogen and oxygen atoms in total. The lowest BCUT2D eigenvalue weighted by Crippen LogP contribution is -2.49. The maximum atomic E-state index is 12.1. The Morgan fingerprint density at radius 3 is 2.95 bits per heavy atom. The second kappa shape index (κ2) is 5.55. The standard InChI is InChI=1S/C14H16N4OS/c1-14(2)7-9-4-5-10(6-11(9)12(19)18-14)17-13(20-3)16-8-15/h4-6H,7H2,1-3H3,(H,16,17)(H,18,19). The van der Waals surface area contributed by atoms with Gasteiger partial charge in [-0.25, -0.2) is 4.99 Å². The molecule has 1 heterocycles. The molecule has 0 saturated heterocycles. The van der Waals surface area contributed by atoms with E-state index in [0.717, 1.165) is 12.0 Å². The van der Waals surface area contributed by atoms with Crippen LogP contribution in [0.3, 0.4) is 0 Å². The van der Waals surface area contributed by atoms with Gasteiger partial charge < -0.3 is 5.32 Å². The molecule has 104 valence electrons. The summed E-state index contributed by atoms with van der Waals surface area (Å²) in [6, 6.07) is 5.55. The van der Waals surface area contributed by atoms with E-state index < -0.39 is 0 Å². The fourth-order valence-electron chi connectivity index (χ4n) is 2.18. The van der Waals surface area contributed by atoms with E-state index in [2.05, 4.69) is 15.6 Å². The van der Waals surface area contributed by atoms with Gasteiger partial charge in [0.05, 0.1) is 5.69 Å². The third kappa shape index (κ3) is 3.11. The highest BCUT2D eigenvalue weighted by Crippen LogP contribution is 2.27. The lowest BCUT2D eigenvalue weighted by atomic mass is 9.87. The van der Waals surface area contributed by atoms with Crippen molar-refractivity contribution < 1.29 is 4.79 Å². The minimum absolute atomic E-state index is 0.0766. The molecule has 1 aliphatic rings. The minimum atomic E-state index is -0.221. The third-order valence-corrected chi connectivity index (χ3v) is 3.59. The lowest BCUT2D eigenvalue weighted by molar-refractivity contribution is 0.0897. The fourth-order valence-corrected chi connectivity index (χ4v) is 2.53. The molecule has 1 amide bonds. The third-order valence-electron chi connectivity index (χ3n) is 3.01. The number of thioether (sulfide) groups is 1. The summed E-state index contributed by atoms with van der Waals surface area (Å²) in [7, 11) is 0. The molecular weight excluding hydrogens is 272 g/mol. The number of carbonyl (C=O) groups excluding carboxylic acids is 1. The van der Waals surface area contributed by atoms with E-state index in [9.17, 15) is 4.79 Å². The minimum Gasteiger partial charge on any atom is -0.347 e. The number of nitrogens with zero attached hydrogens (tertiary/aromatic N) is 2. The van der Waals surface area contributed by atoms with Gasteiger partial charge >= 0.3 is 0 Å². The maximum absolute atomic E-state index is 12.1. The van der Waals surface area contributed by atoms with E-state index in [0.29, 0.717) is 16.4 Å². The second-order valence-corrected chi connectivity index (χ2v) is 6.01. The second-order valence-electron chi connectivity index (χ2n) is 5.21. The maximum Gasteiger partial charge on any atom is 0.252 e. The number of aliphatic imine (C=N–C) groups is 1. The van der Waals surface area contributed by atoms with Gasteiger partial charge in [0.15, 0.2) is 11.4 Å². The van der Waals surface area contributed by atoms with Crippen LogP contribution in [0.1, 0.15) is 29.8 Å². The molecular formula is C14H16N4OS. The predicted molar refractivity (Wildman–Crippen MR) is 81.0 cm³/mol. The Balaban J connectivity index is 2.36. The highest BCUT2D eigenvalue weighted by atomic mass is 32.2. The molecule has 6 heteroatoms. The number of carbonyl (C=O) groups is 1. The number of rotatable bonds is 1. The number of nitrogens with one attached hydrogen (secondary N) is 2. The average molecular weight is 288 g/mol. The molecule has 2 N–H and O–H groups in total. The number of hydrogen-bond donors (Lipinski definition) is 2. The van der Waals surface area contributed by atoms with Gasteiger partial charge in [0.1, 0.15) is 0 Å². The summed E-state index contributed by atoms with van der Waals surface area (Å²) < 4.78 is 0. The van der Waals surface area contributed by atoms with Crippen molar-refractivity contribution in [3.63, 3.8) is 0 Å². The molecule has 0 bridgehead atoms. The zero-order valence-electron chi connectivity index (χ0n) is 11.7. The summed E-state index contributed by atoms with van der Waals surface area (Å²) in [5.74, 6) is -0.0766. The van der Waals surface area contributed by atoms with Gasteiger partial charge in [-0.3, -0.25) is 10.1 Å². The Morgan fingerprint density at radius 1 is 1.55 bits per heavy atom. The van der Waals surface area contributed by atoms with Crippen molar-refractivity contribution in [3.8, 4) is 6.19 Å². The van der Waals surface area contributed by atoms with Gasteiger partial charge in [0.2, 0.25) is 0 Å². The van der Waals surface area contributed by atoms with E-state index in [1.807, 2.05) is 38.4 Å². The number of amides is 1. The molecule has 0 spiro atoms. The first-order valence-corrected chi connectivity index (χ1v) is 7.41. The van der Waals surface area contributed by atoms with Crippen LogP contribution in [0.15, 0.2) is 23.2 Å². The van der Waals surface area contributed by atoms with Crippen LogP contribution in [-0.2, 0) is 6.42 Å². The van der Waals surface area contributed by atoms with Crippen LogP contribution in [-0.4, -0.2) is 22.9 Å². The molecule has 0 fully saturated rings. The highest BCUT2D eigenvalue weighted by molar-refractivity contribution is 8.13. The number of amidine groups is 1. The Labute approximate surface area is 122 Å². The Bertz CT molecular complexity index is 616. The fraction of sp³-hybridized carbons (Fsp3) is 0.357. The zero-order chi connectivity index (χ0) is 14.8. The van der Waals surface area contributed by atoms with Gasteiger partial charge in [-0.2, -0.15) is 5.26 Å². The van der Waals surface area contributed by atoms with Gasteiger partial charge in [0, 0.05) is 11.1 Å². The van der Waals surface area contributed by atoms with E-state index in [1.54, 1.807) is 6.07 Å². The number of nitriles is 1. The van der Waals surface area contributed by atoms with Crippen molar-refractivity contribution in [1.82, 2.24) is 10.6 Å². The summed E-state index contributed by atoms with van der Waals surface area (Å²) in [6.45, 7) is 4.01. The van der Waals surface area contributed by atoms with Crippen molar-refractivity contribution in [1.29, 1.82) is 5.26 Å². The molecule has 1 aliphatic heterocycles. The van der Waals surface area contributed by atoms with Gasteiger partial charge in [-0.1, -0.05) is 17.8 Å². The summed E-state index contributed by atoms with van der Waals surface area (Å²) in [5.41, 5.74) is 2.12. The topological polar surface area (TPSA) is 77.3 Å². The van der Waals surface area contributed by atoms with Gasteiger partial charge in [-0.05, 0) is 44.2 Å².